The number of rotatable bonds is 5. The maximum absolute atomic E-state index is 11.6. The third kappa shape index (κ3) is 5.13. The highest BCUT2D eigenvalue weighted by molar-refractivity contribution is 5.81. The van der Waals surface area contributed by atoms with E-state index in [0.29, 0.717) is 6.42 Å². The van der Waals surface area contributed by atoms with Crippen molar-refractivity contribution in [1.82, 2.24) is 5.32 Å². The van der Waals surface area contributed by atoms with E-state index >= 15 is 0 Å². The number of benzene rings is 1. The molecule has 1 amide bonds. The first-order valence-corrected chi connectivity index (χ1v) is 5.66. The number of esters is 1. The molecular weight excluding hydrogens is 246 g/mol. The third-order valence-corrected chi connectivity index (χ3v) is 2.35. The van der Waals surface area contributed by atoms with Crippen LogP contribution in [0, 0.1) is 12.3 Å². The average molecular weight is 261 g/mol. The summed E-state index contributed by atoms with van der Waals surface area (Å²) in [6, 6.07) is 8.46. The Morgan fingerprint density at radius 3 is 2.63 bits per heavy atom. The molecule has 0 aliphatic heterocycles. The fraction of sp³-hybridized carbons (Fsp3) is 0.286. The van der Waals surface area contributed by atoms with Gasteiger partial charge in [0.25, 0.3) is 0 Å². The van der Waals surface area contributed by atoms with Crippen LogP contribution in [0.5, 0.6) is 0 Å². The first kappa shape index (κ1) is 14.6. The van der Waals surface area contributed by atoms with E-state index in [1.54, 1.807) is 0 Å². The number of alkyl carbamates (subject to hydrolysis) is 1. The molecule has 1 atom stereocenters. The molecule has 0 saturated heterocycles. The summed E-state index contributed by atoms with van der Waals surface area (Å²) in [7, 11) is 1.26. The maximum atomic E-state index is 11.6. The molecule has 0 radical (unpaired) electrons. The zero-order valence-electron chi connectivity index (χ0n) is 10.6. The summed E-state index contributed by atoms with van der Waals surface area (Å²) >= 11 is 0. The van der Waals surface area contributed by atoms with Crippen molar-refractivity contribution in [3.63, 3.8) is 0 Å². The summed E-state index contributed by atoms with van der Waals surface area (Å²) in [5.74, 6) is 1.63. The molecule has 5 heteroatoms. The Labute approximate surface area is 111 Å². The molecular formula is C14H15NO4. The molecule has 5 nitrogen and oxygen atoms in total. The summed E-state index contributed by atoms with van der Waals surface area (Å²) in [6.45, 7) is -0.148. The van der Waals surface area contributed by atoms with Crippen LogP contribution in [0.25, 0.3) is 0 Å². The summed E-state index contributed by atoms with van der Waals surface area (Å²) in [5, 5.41) is 2.42. The fourth-order valence-electron chi connectivity index (χ4n) is 1.48. The van der Waals surface area contributed by atoms with Gasteiger partial charge in [-0.3, -0.25) is 0 Å². The van der Waals surface area contributed by atoms with Crippen LogP contribution in [0.4, 0.5) is 4.79 Å². The van der Waals surface area contributed by atoms with Crippen LogP contribution in [0.3, 0.4) is 0 Å². The molecule has 19 heavy (non-hydrogen) atoms. The normalized spacial score (nSPS) is 10.9. The first-order chi connectivity index (χ1) is 9.17. The number of nitrogens with one attached hydrogen (secondary N) is 1. The van der Waals surface area contributed by atoms with E-state index in [4.69, 9.17) is 6.42 Å². The average Bonchev–Trinajstić information content (AvgIpc) is 2.44. The number of terminal acetylenes is 1. The van der Waals surface area contributed by atoms with Crippen LogP contribution in [0.1, 0.15) is 5.56 Å². The van der Waals surface area contributed by atoms with Crippen LogP contribution in [0.2, 0.25) is 0 Å². The van der Waals surface area contributed by atoms with Gasteiger partial charge in [-0.05, 0) is 5.56 Å². The molecule has 0 spiro atoms. The molecule has 0 fully saturated rings. The van der Waals surface area contributed by atoms with Crippen molar-refractivity contribution in [2.75, 3.05) is 13.7 Å². The molecule has 0 aromatic heterocycles. The topological polar surface area (TPSA) is 64.6 Å². The molecule has 0 aliphatic carbocycles. The van der Waals surface area contributed by atoms with E-state index in [2.05, 4.69) is 20.7 Å². The van der Waals surface area contributed by atoms with Gasteiger partial charge in [-0.2, -0.15) is 0 Å². The van der Waals surface area contributed by atoms with Crippen molar-refractivity contribution in [3.8, 4) is 12.3 Å². The largest absolute Gasteiger partial charge is 0.467 e. The highest BCUT2D eigenvalue weighted by Gasteiger charge is 2.22. The maximum Gasteiger partial charge on any atom is 0.408 e. The Bertz CT molecular complexity index is 464. The lowest BCUT2D eigenvalue weighted by molar-refractivity contribution is -0.142. The van der Waals surface area contributed by atoms with E-state index < -0.39 is 18.1 Å². The minimum Gasteiger partial charge on any atom is -0.467 e. The highest BCUT2D eigenvalue weighted by Crippen LogP contribution is 2.04. The number of amides is 1. The smallest absolute Gasteiger partial charge is 0.408 e. The van der Waals surface area contributed by atoms with Gasteiger partial charge in [-0.25, -0.2) is 9.59 Å². The molecule has 0 heterocycles. The molecule has 0 bridgehead atoms. The molecule has 1 N–H and O–H groups in total. The standard InChI is InChI=1S/C14H15NO4/c1-3-9-19-14(17)15-12(13(16)18-2)10-11-7-5-4-6-8-11/h1,4-8,12H,9-10H2,2H3,(H,15,17)/t12-/m0/s1. The van der Waals surface area contributed by atoms with Gasteiger partial charge in [0.2, 0.25) is 0 Å². The second-order valence-electron chi connectivity index (χ2n) is 3.69. The van der Waals surface area contributed by atoms with Gasteiger partial charge in [0.1, 0.15) is 6.04 Å². The Balaban J connectivity index is 2.65. The van der Waals surface area contributed by atoms with Crippen LogP contribution < -0.4 is 5.32 Å². The lowest BCUT2D eigenvalue weighted by Gasteiger charge is -2.16. The Kier molecular flexibility index (Phi) is 5.96. The zero-order chi connectivity index (χ0) is 14.1. The van der Waals surface area contributed by atoms with Crippen molar-refractivity contribution in [2.24, 2.45) is 0 Å². The third-order valence-electron chi connectivity index (χ3n) is 2.35. The van der Waals surface area contributed by atoms with Crippen LogP contribution in [-0.4, -0.2) is 31.8 Å². The van der Waals surface area contributed by atoms with Crippen molar-refractivity contribution in [1.29, 1.82) is 0 Å². The molecule has 1 rings (SSSR count). The van der Waals surface area contributed by atoms with Crippen molar-refractivity contribution in [2.45, 2.75) is 12.5 Å². The van der Waals surface area contributed by atoms with E-state index in [1.165, 1.54) is 7.11 Å². The molecule has 0 saturated carbocycles. The molecule has 100 valence electrons. The van der Waals surface area contributed by atoms with Gasteiger partial charge < -0.3 is 14.8 Å². The second-order valence-corrected chi connectivity index (χ2v) is 3.69. The quantitative estimate of drug-likeness (QED) is 0.637. The summed E-state index contributed by atoms with van der Waals surface area (Å²) in [5.41, 5.74) is 0.898. The monoisotopic (exact) mass is 261 g/mol. The lowest BCUT2D eigenvalue weighted by Crippen LogP contribution is -2.43. The molecule has 1 aromatic carbocycles. The molecule has 0 aliphatic rings. The number of hydrogen-bond donors (Lipinski definition) is 1. The number of ether oxygens (including phenoxy) is 2. The van der Waals surface area contributed by atoms with Crippen LogP contribution in [-0.2, 0) is 20.7 Å². The Morgan fingerprint density at radius 2 is 2.05 bits per heavy atom. The number of methoxy groups -OCH3 is 1. The SMILES string of the molecule is C#CCOC(=O)N[C@@H](Cc1ccccc1)C(=O)OC. The van der Waals surface area contributed by atoms with Crippen molar-refractivity contribution in [3.05, 3.63) is 35.9 Å². The predicted molar refractivity (Wildman–Crippen MR) is 69.3 cm³/mol. The van der Waals surface area contributed by atoms with Gasteiger partial charge in [-0.1, -0.05) is 36.3 Å². The van der Waals surface area contributed by atoms with Crippen molar-refractivity contribution >= 4 is 12.1 Å². The minimum atomic E-state index is -0.808. The Hall–Kier alpha value is -2.48. The fourth-order valence-corrected chi connectivity index (χ4v) is 1.48. The van der Waals surface area contributed by atoms with Gasteiger partial charge in [0.05, 0.1) is 7.11 Å². The molecule has 1 aromatic rings. The number of carbonyl (C=O) groups is 2. The van der Waals surface area contributed by atoms with Gasteiger partial charge >= 0.3 is 12.1 Å². The Morgan fingerprint density at radius 1 is 1.37 bits per heavy atom. The van der Waals surface area contributed by atoms with Gasteiger partial charge in [-0.15, -0.1) is 6.42 Å². The zero-order valence-corrected chi connectivity index (χ0v) is 10.6. The second kappa shape index (κ2) is 7.77. The summed E-state index contributed by atoms with van der Waals surface area (Å²) < 4.78 is 9.30. The van der Waals surface area contributed by atoms with E-state index in [1.807, 2.05) is 30.3 Å². The number of carbonyl (C=O) groups excluding carboxylic acids is 2. The van der Waals surface area contributed by atoms with E-state index in [-0.39, 0.29) is 6.61 Å². The summed E-state index contributed by atoms with van der Waals surface area (Å²) in [4.78, 5) is 23.0. The summed E-state index contributed by atoms with van der Waals surface area (Å²) in [6.07, 6.45) is 4.54. The number of hydrogen-bond acceptors (Lipinski definition) is 4. The first-order valence-electron chi connectivity index (χ1n) is 5.66. The lowest BCUT2D eigenvalue weighted by atomic mass is 10.1. The highest BCUT2D eigenvalue weighted by atomic mass is 16.6. The molecule has 0 unspecified atom stereocenters. The van der Waals surface area contributed by atoms with Crippen molar-refractivity contribution < 1.29 is 19.1 Å². The predicted octanol–water partition coefficient (Wildman–Crippen LogP) is 1.13. The van der Waals surface area contributed by atoms with Crippen LogP contribution in [0.15, 0.2) is 30.3 Å². The van der Waals surface area contributed by atoms with Crippen LogP contribution >= 0.6 is 0 Å². The van der Waals surface area contributed by atoms with Gasteiger partial charge in [0, 0.05) is 6.42 Å². The van der Waals surface area contributed by atoms with E-state index in [9.17, 15) is 9.59 Å². The van der Waals surface area contributed by atoms with E-state index in [0.717, 1.165) is 5.56 Å². The minimum absolute atomic E-state index is 0.148. The van der Waals surface area contributed by atoms with Gasteiger partial charge in [0.15, 0.2) is 6.61 Å².